The molecule has 0 aliphatic carbocycles. The number of anilines is 1. The van der Waals surface area contributed by atoms with Gasteiger partial charge in [-0.3, -0.25) is 0 Å². The summed E-state index contributed by atoms with van der Waals surface area (Å²) in [5.41, 5.74) is 4.47. The second kappa shape index (κ2) is 5.31. The van der Waals surface area contributed by atoms with Crippen molar-refractivity contribution in [2.45, 2.75) is 46.1 Å². The lowest BCUT2D eigenvalue weighted by atomic mass is 9.89. The summed E-state index contributed by atoms with van der Waals surface area (Å²) in [6.45, 7) is 12.3. The van der Waals surface area contributed by atoms with Crippen LogP contribution >= 0.6 is 0 Å². The van der Waals surface area contributed by atoms with E-state index in [1.807, 2.05) is 0 Å². The van der Waals surface area contributed by atoms with Gasteiger partial charge in [-0.25, -0.2) is 0 Å². The highest BCUT2D eigenvalue weighted by Crippen LogP contribution is 2.27. The van der Waals surface area contributed by atoms with Crippen LogP contribution in [0.15, 0.2) is 18.2 Å². The van der Waals surface area contributed by atoms with Crippen LogP contribution in [0.4, 0.5) is 5.69 Å². The molecule has 0 bridgehead atoms. The average molecular weight is 246 g/mol. The minimum atomic E-state index is 0.300. The molecule has 100 valence electrons. The molecule has 0 radical (unpaired) electrons. The summed E-state index contributed by atoms with van der Waals surface area (Å²) in [6, 6.07) is 6.77. The molecule has 2 rings (SSSR count). The Balaban J connectivity index is 2.25. The van der Waals surface area contributed by atoms with E-state index in [0.717, 1.165) is 19.6 Å². The molecule has 1 heterocycles. The summed E-state index contributed by atoms with van der Waals surface area (Å²) >= 11 is 0. The van der Waals surface area contributed by atoms with Gasteiger partial charge in [-0.05, 0) is 43.9 Å². The Morgan fingerprint density at radius 2 is 1.94 bits per heavy atom. The zero-order chi connectivity index (χ0) is 13.2. The normalized spacial score (nSPS) is 19.0. The maximum absolute atomic E-state index is 3.72. The molecule has 18 heavy (non-hydrogen) atoms. The number of rotatable bonds is 3. The number of nitrogens with one attached hydrogen (secondary N) is 1. The van der Waals surface area contributed by atoms with E-state index in [2.05, 4.69) is 56.1 Å². The minimum Gasteiger partial charge on any atom is -0.368 e. The third-order valence-corrected chi connectivity index (χ3v) is 4.43. The quantitative estimate of drug-likeness (QED) is 0.880. The summed E-state index contributed by atoms with van der Waals surface area (Å²) in [5, 5.41) is 3.72. The Hall–Kier alpha value is -1.02. The molecule has 0 unspecified atom stereocenters. The standard InChI is InChI=1S/C16H26N2/c1-5-16(6-2)12-18(10-9-17-16)15-11-13(3)7-8-14(15)4/h7-8,11,17H,5-6,9-10,12H2,1-4H3. The zero-order valence-electron chi connectivity index (χ0n) is 12.2. The Kier molecular flexibility index (Phi) is 3.96. The maximum atomic E-state index is 3.72. The minimum absolute atomic E-state index is 0.300. The molecule has 1 aromatic rings. The first kappa shape index (κ1) is 13.4. The van der Waals surface area contributed by atoms with E-state index in [1.54, 1.807) is 0 Å². The van der Waals surface area contributed by atoms with Crippen molar-refractivity contribution in [1.82, 2.24) is 5.32 Å². The van der Waals surface area contributed by atoms with Crippen molar-refractivity contribution in [3.05, 3.63) is 29.3 Å². The summed E-state index contributed by atoms with van der Waals surface area (Å²) < 4.78 is 0. The number of hydrogen-bond acceptors (Lipinski definition) is 2. The first-order chi connectivity index (χ1) is 8.60. The van der Waals surface area contributed by atoms with Crippen LogP contribution in [0.3, 0.4) is 0 Å². The van der Waals surface area contributed by atoms with Crippen molar-refractivity contribution < 1.29 is 0 Å². The van der Waals surface area contributed by atoms with E-state index in [0.29, 0.717) is 5.54 Å². The van der Waals surface area contributed by atoms with Gasteiger partial charge < -0.3 is 10.2 Å². The highest BCUT2D eigenvalue weighted by molar-refractivity contribution is 5.55. The third kappa shape index (κ3) is 2.54. The second-order valence-corrected chi connectivity index (χ2v) is 5.63. The van der Waals surface area contributed by atoms with Gasteiger partial charge in [-0.1, -0.05) is 26.0 Å². The maximum Gasteiger partial charge on any atom is 0.0399 e. The zero-order valence-corrected chi connectivity index (χ0v) is 12.2. The largest absolute Gasteiger partial charge is 0.368 e. The van der Waals surface area contributed by atoms with Crippen LogP contribution in [-0.4, -0.2) is 25.2 Å². The van der Waals surface area contributed by atoms with Gasteiger partial charge >= 0.3 is 0 Å². The third-order valence-electron chi connectivity index (χ3n) is 4.43. The molecule has 0 atom stereocenters. The predicted octanol–water partition coefficient (Wildman–Crippen LogP) is 3.27. The highest BCUT2D eigenvalue weighted by atomic mass is 15.2. The van der Waals surface area contributed by atoms with Gasteiger partial charge in [-0.15, -0.1) is 0 Å². The van der Waals surface area contributed by atoms with E-state index in [4.69, 9.17) is 0 Å². The molecule has 0 spiro atoms. The molecule has 2 nitrogen and oxygen atoms in total. The molecule has 1 saturated heterocycles. The molecule has 0 aromatic heterocycles. The Morgan fingerprint density at radius 3 is 2.61 bits per heavy atom. The van der Waals surface area contributed by atoms with Crippen LogP contribution < -0.4 is 10.2 Å². The van der Waals surface area contributed by atoms with Crippen LogP contribution in [0.5, 0.6) is 0 Å². The molecule has 1 fully saturated rings. The molecule has 0 amide bonds. The first-order valence-electron chi connectivity index (χ1n) is 7.17. The lowest BCUT2D eigenvalue weighted by Crippen LogP contribution is -2.60. The van der Waals surface area contributed by atoms with Gasteiger partial charge in [0.15, 0.2) is 0 Å². The lowest BCUT2D eigenvalue weighted by Gasteiger charge is -2.44. The van der Waals surface area contributed by atoms with E-state index >= 15 is 0 Å². The van der Waals surface area contributed by atoms with Gasteiger partial charge in [0.05, 0.1) is 0 Å². The topological polar surface area (TPSA) is 15.3 Å². The lowest BCUT2D eigenvalue weighted by molar-refractivity contribution is 0.277. The first-order valence-corrected chi connectivity index (χ1v) is 7.17. The number of hydrogen-bond donors (Lipinski definition) is 1. The monoisotopic (exact) mass is 246 g/mol. The van der Waals surface area contributed by atoms with Crippen LogP contribution in [0.2, 0.25) is 0 Å². The fourth-order valence-corrected chi connectivity index (χ4v) is 2.95. The fraction of sp³-hybridized carbons (Fsp3) is 0.625. The second-order valence-electron chi connectivity index (χ2n) is 5.63. The SMILES string of the molecule is CCC1(CC)CN(c2cc(C)ccc2C)CCN1. The number of aryl methyl sites for hydroxylation is 2. The number of benzene rings is 1. The number of piperazine rings is 1. The van der Waals surface area contributed by atoms with Gasteiger partial charge in [0, 0.05) is 30.9 Å². The van der Waals surface area contributed by atoms with Crippen molar-refractivity contribution in [2.24, 2.45) is 0 Å². The molecule has 1 aliphatic heterocycles. The van der Waals surface area contributed by atoms with Crippen molar-refractivity contribution in [2.75, 3.05) is 24.5 Å². The summed E-state index contributed by atoms with van der Waals surface area (Å²) in [4.78, 5) is 2.56. The van der Waals surface area contributed by atoms with Gasteiger partial charge in [0.1, 0.15) is 0 Å². The van der Waals surface area contributed by atoms with E-state index < -0.39 is 0 Å². The Labute approximate surface area is 111 Å². The van der Waals surface area contributed by atoms with Crippen molar-refractivity contribution >= 4 is 5.69 Å². The highest BCUT2D eigenvalue weighted by Gasteiger charge is 2.32. The molecule has 1 aromatic carbocycles. The molecule has 1 N–H and O–H groups in total. The molecule has 2 heteroatoms. The van der Waals surface area contributed by atoms with Crippen LogP contribution in [0.25, 0.3) is 0 Å². The van der Waals surface area contributed by atoms with Crippen molar-refractivity contribution in [3.8, 4) is 0 Å². The Bertz CT molecular complexity index is 408. The van der Waals surface area contributed by atoms with E-state index in [1.165, 1.54) is 29.7 Å². The molecule has 1 aliphatic rings. The number of nitrogens with zero attached hydrogens (tertiary/aromatic N) is 1. The van der Waals surface area contributed by atoms with Crippen LogP contribution in [0, 0.1) is 13.8 Å². The van der Waals surface area contributed by atoms with Crippen molar-refractivity contribution in [3.63, 3.8) is 0 Å². The summed E-state index contributed by atoms with van der Waals surface area (Å²) in [6.07, 6.45) is 2.40. The molecule has 0 saturated carbocycles. The van der Waals surface area contributed by atoms with Gasteiger partial charge in [-0.2, -0.15) is 0 Å². The smallest absolute Gasteiger partial charge is 0.0399 e. The average Bonchev–Trinajstić information content (AvgIpc) is 2.41. The van der Waals surface area contributed by atoms with E-state index in [-0.39, 0.29) is 0 Å². The van der Waals surface area contributed by atoms with Crippen LogP contribution in [0.1, 0.15) is 37.8 Å². The summed E-state index contributed by atoms with van der Waals surface area (Å²) in [5.74, 6) is 0. The van der Waals surface area contributed by atoms with Crippen molar-refractivity contribution in [1.29, 1.82) is 0 Å². The van der Waals surface area contributed by atoms with Crippen LogP contribution in [-0.2, 0) is 0 Å². The van der Waals surface area contributed by atoms with E-state index in [9.17, 15) is 0 Å². The molecular weight excluding hydrogens is 220 g/mol. The predicted molar refractivity (Wildman–Crippen MR) is 79.4 cm³/mol. The Morgan fingerprint density at radius 1 is 1.22 bits per heavy atom. The van der Waals surface area contributed by atoms with Gasteiger partial charge in [0.25, 0.3) is 0 Å². The molecular formula is C16H26N2. The summed E-state index contributed by atoms with van der Waals surface area (Å²) in [7, 11) is 0. The fourth-order valence-electron chi connectivity index (χ4n) is 2.95. The van der Waals surface area contributed by atoms with Gasteiger partial charge in [0.2, 0.25) is 0 Å².